The lowest BCUT2D eigenvalue weighted by atomic mass is 10.3. The van der Waals surface area contributed by atoms with E-state index in [0.717, 1.165) is 0 Å². The molecular formula is C11H16N2O3. The first-order valence-corrected chi connectivity index (χ1v) is 4.96. The summed E-state index contributed by atoms with van der Waals surface area (Å²) in [5.41, 5.74) is 6.17. The molecule has 3 N–H and O–H groups in total. The molecule has 0 atom stereocenters. The van der Waals surface area contributed by atoms with Crippen molar-refractivity contribution in [2.75, 3.05) is 32.6 Å². The van der Waals surface area contributed by atoms with Crippen LogP contribution in [0.25, 0.3) is 0 Å². The molecule has 5 heteroatoms. The normalized spacial score (nSPS) is 9.81. The number of hydrogen-bond acceptors (Lipinski definition) is 4. The number of nitrogens with two attached hydrogens (primary N) is 1. The molecule has 0 bridgehead atoms. The molecule has 0 spiro atoms. The Labute approximate surface area is 94.5 Å². The van der Waals surface area contributed by atoms with Crippen LogP contribution in [0.2, 0.25) is 0 Å². The molecule has 1 aromatic carbocycles. The van der Waals surface area contributed by atoms with Gasteiger partial charge < -0.3 is 20.5 Å². The molecule has 0 fully saturated rings. The SMILES string of the molecule is COCCNC(=O)COc1cccc(N)c1. The summed E-state index contributed by atoms with van der Waals surface area (Å²) < 4.78 is 10.0. The Kier molecular flexibility index (Phi) is 5.15. The lowest BCUT2D eigenvalue weighted by molar-refractivity contribution is -0.123. The number of amides is 1. The second-order valence-corrected chi connectivity index (χ2v) is 3.20. The molecule has 0 aliphatic carbocycles. The van der Waals surface area contributed by atoms with Crippen molar-refractivity contribution in [1.29, 1.82) is 0 Å². The van der Waals surface area contributed by atoms with Crippen molar-refractivity contribution in [2.45, 2.75) is 0 Å². The summed E-state index contributed by atoms with van der Waals surface area (Å²) in [6, 6.07) is 6.94. The Balaban J connectivity index is 2.26. The van der Waals surface area contributed by atoms with Gasteiger partial charge in [-0.25, -0.2) is 0 Å². The number of hydrogen-bond donors (Lipinski definition) is 2. The fourth-order valence-electron chi connectivity index (χ4n) is 1.10. The number of nitrogen functional groups attached to an aromatic ring is 1. The highest BCUT2D eigenvalue weighted by molar-refractivity contribution is 5.77. The van der Waals surface area contributed by atoms with Crippen LogP contribution in [0, 0.1) is 0 Å². The Hall–Kier alpha value is -1.75. The maximum absolute atomic E-state index is 11.3. The summed E-state index contributed by atoms with van der Waals surface area (Å²) in [6.07, 6.45) is 0. The molecule has 0 aliphatic heterocycles. The predicted molar refractivity (Wildman–Crippen MR) is 61.2 cm³/mol. The van der Waals surface area contributed by atoms with Crippen LogP contribution in [-0.2, 0) is 9.53 Å². The van der Waals surface area contributed by atoms with E-state index in [1.165, 1.54) is 0 Å². The molecule has 88 valence electrons. The van der Waals surface area contributed by atoms with Crippen molar-refractivity contribution in [2.24, 2.45) is 0 Å². The van der Waals surface area contributed by atoms with Gasteiger partial charge in [0.1, 0.15) is 5.75 Å². The molecule has 1 amide bonds. The number of anilines is 1. The van der Waals surface area contributed by atoms with Crippen LogP contribution in [0.3, 0.4) is 0 Å². The summed E-state index contributed by atoms with van der Waals surface area (Å²) in [7, 11) is 1.58. The van der Waals surface area contributed by atoms with Crippen LogP contribution >= 0.6 is 0 Å². The monoisotopic (exact) mass is 224 g/mol. The van der Waals surface area contributed by atoms with E-state index in [9.17, 15) is 4.79 Å². The highest BCUT2D eigenvalue weighted by atomic mass is 16.5. The van der Waals surface area contributed by atoms with Crippen LogP contribution in [0.15, 0.2) is 24.3 Å². The van der Waals surface area contributed by atoms with E-state index < -0.39 is 0 Å². The average Bonchev–Trinajstić information content (AvgIpc) is 2.27. The van der Waals surface area contributed by atoms with Gasteiger partial charge >= 0.3 is 0 Å². The minimum atomic E-state index is -0.181. The van der Waals surface area contributed by atoms with Crippen LogP contribution in [-0.4, -0.2) is 32.8 Å². The van der Waals surface area contributed by atoms with Gasteiger partial charge in [0.25, 0.3) is 5.91 Å². The molecule has 1 aromatic rings. The number of carbonyl (C=O) groups excluding carboxylic acids is 1. The Bertz CT molecular complexity index is 342. The third-order valence-corrected chi connectivity index (χ3v) is 1.86. The first kappa shape index (κ1) is 12.3. The van der Waals surface area contributed by atoms with Crippen molar-refractivity contribution in [3.63, 3.8) is 0 Å². The third-order valence-electron chi connectivity index (χ3n) is 1.86. The number of carbonyl (C=O) groups is 1. The Morgan fingerprint density at radius 3 is 3.00 bits per heavy atom. The molecule has 5 nitrogen and oxygen atoms in total. The highest BCUT2D eigenvalue weighted by Gasteiger charge is 2.01. The van der Waals surface area contributed by atoms with Crippen molar-refractivity contribution < 1.29 is 14.3 Å². The predicted octanol–water partition coefficient (Wildman–Crippen LogP) is 0.410. The lowest BCUT2D eigenvalue weighted by Crippen LogP contribution is -2.31. The summed E-state index contributed by atoms with van der Waals surface area (Å²) in [4.78, 5) is 11.3. The van der Waals surface area contributed by atoms with Gasteiger partial charge in [0, 0.05) is 25.4 Å². The van der Waals surface area contributed by atoms with E-state index in [-0.39, 0.29) is 12.5 Å². The Morgan fingerprint density at radius 2 is 2.31 bits per heavy atom. The molecule has 0 aliphatic rings. The van der Waals surface area contributed by atoms with E-state index >= 15 is 0 Å². The number of ether oxygens (including phenoxy) is 2. The van der Waals surface area contributed by atoms with Gasteiger partial charge in [-0.15, -0.1) is 0 Å². The minimum absolute atomic E-state index is 0.0207. The van der Waals surface area contributed by atoms with E-state index in [1.54, 1.807) is 31.4 Å². The van der Waals surface area contributed by atoms with Gasteiger partial charge in [-0.2, -0.15) is 0 Å². The standard InChI is InChI=1S/C11H16N2O3/c1-15-6-5-13-11(14)8-16-10-4-2-3-9(12)7-10/h2-4,7H,5-6,8,12H2,1H3,(H,13,14). The average molecular weight is 224 g/mol. The molecule has 0 saturated carbocycles. The van der Waals surface area contributed by atoms with Crippen LogP contribution in [0.1, 0.15) is 0 Å². The Morgan fingerprint density at radius 1 is 1.50 bits per heavy atom. The fourth-order valence-corrected chi connectivity index (χ4v) is 1.10. The van der Waals surface area contributed by atoms with E-state index in [4.69, 9.17) is 15.2 Å². The fraction of sp³-hybridized carbons (Fsp3) is 0.364. The van der Waals surface area contributed by atoms with Gasteiger partial charge in [-0.05, 0) is 12.1 Å². The molecule has 0 saturated heterocycles. The molecular weight excluding hydrogens is 208 g/mol. The topological polar surface area (TPSA) is 73.6 Å². The molecule has 0 unspecified atom stereocenters. The van der Waals surface area contributed by atoms with Crippen molar-refractivity contribution in [1.82, 2.24) is 5.32 Å². The van der Waals surface area contributed by atoms with Gasteiger partial charge in [-0.1, -0.05) is 6.07 Å². The zero-order chi connectivity index (χ0) is 11.8. The van der Waals surface area contributed by atoms with Crippen LogP contribution in [0.4, 0.5) is 5.69 Å². The van der Waals surface area contributed by atoms with Gasteiger partial charge in [0.15, 0.2) is 6.61 Å². The summed E-state index contributed by atoms with van der Waals surface area (Å²) in [6.45, 7) is 0.951. The van der Waals surface area contributed by atoms with Gasteiger partial charge in [0.2, 0.25) is 0 Å². The molecule has 1 rings (SSSR count). The van der Waals surface area contributed by atoms with E-state index in [0.29, 0.717) is 24.6 Å². The first-order chi connectivity index (χ1) is 7.72. The van der Waals surface area contributed by atoms with Crippen molar-refractivity contribution in [3.8, 4) is 5.75 Å². The van der Waals surface area contributed by atoms with Crippen LogP contribution in [0.5, 0.6) is 5.75 Å². The number of rotatable bonds is 6. The summed E-state index contributed by atoms with van der Waals surface area (Å²) >= 11 is 0. The smallest absolute Gasteiger partial charge is 0.258 e. The molecule has 0 radical (unpaired) electrons. The zero-order valence-corrected chi connectivity index (χ0v) is 9.23. The van der Waals surface area contributed by atoms with Crippen LogP contribution < -0.4 is 15.8 Å². The minimum Gasteiger partial charge on any atom is -0.484 e. The number of nitrogens with one attached hydrogen (secondary N) is 1. The number of methoxy groups -OCH3 is 1. The quantitative estimate of drug-likeness (QED) is 0.542. The number of benzene rings is 1. The van der Waals surface area contributed by atoms with E-state index in [1.807, 2.05) is 0 Å². The lowest BCUT2D eigenvalue weighted by Gasteiger charge is -2.07. The summed E-state index contributed by atoms with van der Waals surface area (Å²) in [5.74, 6) is 0.404. The second kappa shape index (κ2) is 6.68. The maximum atomic E-state index is 11.3. The zero-order valence-electron chi connectivity index (χ0n) is 9.23. The maximum Gasteiger partial charge on any atom is 0.258 e. The molecule has 0 heterocycles. The first-order valence-electron chi connectivity index (χ1n) is 4.96. The van der Waals surface area contributed by atoms with Crippen molar-refractivity contribution in [3.05, 3.63) is 24.3 Å². The second-order valence-electron chi connectivity index (χ2n) is 3.20. The van der Waals surface area contributed by atoms with Gasteiger partial charge in [0.05, 0.1) is 6.61 Å². The molecule has 0 aromatic heterocycles. The highest BCUT2D eigenvalue weighted by Crippen LogP contribution is 2.13. The van der Waals surface area contributed by atoms with E-state index in [2.05, 4.69) is 5.32 Å². The van der Waals surface area contributed by atoms with Crippen molar-refractivity contribution >= 4 is 11.6 Å². The largest absolute Gasteiger partial charge is 0.484 e. The third kappa shape index (κ3) is 4.65. The summed E-state index contributed by atoms with van der Waals surface area (Å²) in [5, 5.41) is 2.65. The van der Waals surface area contributed by atoms with Gasteiger partial charge in [-0.3, -0.25) is 4.79 Å². The molecule has 16 heavy (non-hydrogen) atoms.